The molecule has 2 amide bonds. The van der Waals surface area contributed by atoms with Gasteiger partial charge in [0.1, 0.15) is 5.58 Å². The van der Waals surface area contributed by atoms with Crippen LogP contribution >= 0.6 is 0 Å². The van der Waals surface area contributed by atoms with Crippen molar-refractivity contribution in [2.45, 2.75) is 44.7 Å². The molecular weight excluding hydrogens is 366 g/mol. The minimum absolute atomic E-state index is 0.132. The number of hydrogen-bond donors (Lipinski definition) is 3. The molecule has 29 heavy (non-hydrogen) atoms. The summed E-state index contributed by atoms with van der Waals surface area (Å²) in [6.07, 6.45) is 5.39. The fourth-order valence-electron chi connectivity index (χ4n) is 3.82. The summed E-state index contributed by atoms with van der Waals surface area (Å²) < 4.78 is 5.44. The molecule has 6 nitrogen and oxygen atoms in total. The van der Waals surface area contributed by atoms with Crippen molar-refractivity contribution in [1.29, 1.82) is 0 Å². The van der Waals surface area contributed by atoms with Crippen LogP contribution in [0.4, 0.5) is 16.2 Å². The zero-order valence-electron chi connectivity index (χ0n) is 16.2. The second-order valence-corrected chi connectivity index (χ2v) is 7.41. The van der Waals surface area contributed by atoms with E-state index >= 15 is 0 Å². The van der Waals surface area contributed by atoms with Crippen molar-refractivity contribution in [3.8, 4) is 0 Å². The minimum atomic E-state index is -0.571. The molecule has 0 bridgehead atoms. The standard InChI is InChI=1S/C23H25N3O3/c27-22-21(26-23(28)25-17-11-5-2-6-12-17)20(18-13-7-8-14-19(18)29-22)24-15-16-9-3-1-4-10-16/h1,3-4,7-10,13-14,17,24H,2,5-6,11-12,15H2,(H2,25,26,28). The molecule has 1 heterocycles. The smallest absolute Gasteiger partial charge is 0.362 e. The molecule has 1 aromatic heterocycles. The molecule has 0 unspecified atom stereocenters. The van der Waals surface area contributed by atoms with Crippen LogP contribution < -0.4 is 21.6 Å². The first kappa shape index (κ1) is 19.1. The summed E-state index contributed by atoms with van der Waals surface area (Å²) in [5.74, 6) is 0. The number of fused-ring (bicyclic) bond motifs is 1. The third kappa shape index (κ3) is 4.59. The maximum atomic E-state index is 12.6. The van der Waals surface area contributed by atoms with Crippen molar-refractivity contribution in [1.82, 2.24) is 5.32 Å². The summed E-state index contributed by atoms with van der Waals surface area (Å²) >= 11 is 0. The summed E-state index contributed by atoms with van der Waals surface area (Å²) in [5.41, 5.74) is 1.68. The summed E-state index contributed by atoms with van der Waals surface area (Å²) in [5, 5.41) is 9.79. The third-order valence-electron chi connectivity index (χ3n) is 5.30. The van der Waals surface area contributed by atoms with Crippen LogP contribution in [-0.4, -0.2) is 12.1 Å². The van der Waals surface area contributed by atoms with Gasteiger partial charge >= 0.3 is 11.7 Å². The van der Waals surface area contributed by atoms with Crippen molar-refractivity contribution in [3.05, 3.63) is 70.6 Å². The van der Waals surface area contributed by atoms with Gasteiger partial charge in [0.05, 0.1) is 5.69 Å². The molecule has 0 saturated heterocycles. The van der Waals surface area contributed by atoms with Gasteiger partial charge in [-0.2, -0.15) is 0 Å². The first-order valence-corrected chi connectivity index (χ1v) is 10.1. The zero-order valence-corrected chi connectivity index (χ0v) is 16.2. The Morgan fingerprint density at radius 2 is 1.66 bits per heavy atom. The van der Waals surface area contributed by atoms with Gasteiger partial charge in [-0.3, -0.25) is 5.32 Å². The normalized spacial score (nSPS) is 14.5. The Kier molecular flexibility index (Phi) is 5.79. The van der Waals surface area contributed by atoms with E-state index in [1.807, 2.05) is 48.5 Å². The molecule has 3 aromatic rings. The fourth-order valence-corrected chi connectivity index (χ4v) is 3.82. The molecule has 6 heteroatoms. The Bertz CT molecular complexity index is 1040. The largest absolute Gasteiger partial charge is 0.421 e. The van der Waals surface area contributed by atoms with Gasteiger partial charge in [0, 0.05) is 18.0 Å². The highest BCUT2D eigenvalue weighted by Gasteiger charge is 2.20. The molecule has 4 rings (SSSR count). The molecule has 1 saturated carbocycles. The molecule has 1 fully saturated rings. The summed E-state index contributed by atoms with van der Waals surface area (Å²) in [6, 6.07) is 17.0. The van der Waals surface area contributed by atoms with Crippen LogP contribution in [0.25, 0.3) is 11.0 Å². The van der Waals surface area contributed by atoms with Crippen LogP contribution in [0.3, 0.4) is 0 Å². The lowest BCUT2D eigenvalue weighted by atomic mass is 9.96. The molecule has 0 atom stereocenters. The number of carbonyl (C=O) groups excluding carboxylic acids is 1. The van der Waals surface area contributed by atoms with Gasteiger partial charge in [0.25, 0.3) is 0 Å². The number of para-hydroxylation sites is 1. The highest BCUT2D eigenvalue weighted by molar-refractivity contribution is 6.01. The quantitative estimate of drug-likeness (QED) is 0.543. The van der Waals surface area contributed by atoms with Crippen molar-refractivity contribution in [2.24, 2.45) is 0 Å². The monoisotopic (exact) mass is 391 g/mol. The van der Waals surface area contributed by atoms with Crippen LogP contribution in [0.5, 0.6) is 0 Å². The lowest BCUT2D eigenvalue weighted by Crippen LogP contribution is -2.40. The van der Waals surface area contributed by atoms with E-state index in [0.717, 1.165) is 36.6 Å². The summed E-state index contributed by atoms with van der Waals surface area (Å²) in [4.78, 5) is 25.2. The SMILES string of the molecule is O=C(Nc1c(NCc2ccccc2)c2ccccc2oc1=O)NC1CCCCC1. The van der Waals surface area contributed by atoms with Crippen LogP contribution in [0.2, 0.25) is 0 Å². The molecule has 1 aliphatic carbocycles. The predicted octanol–water partition coefficient (Wildman–Crippen LogP) is 4.86. The van der Waals surface area contributed by atoms with Gasteiger partial charge in [0.15, 0.2) is 5.69 Å². The Morgan fingerprint density at radius 1 is 0.931 bits per heavy atom. The molecular formula is C23H25N3O3. The van der Waals surface area contributed by atoms with Gasteiger partial charge < -0.3 is 15.1 Å². The van der Waals surface area contributed by atoms with Gasteiger partial charge in [-0.15, -0.1) is 0 Å². The zero-order chi connectivity index (χ0) is 20.1. The van der Waals surface area contributed by atoms with Gasteiger partial charge in [-0.25, -0.2) is 9.59 Å². The van der Waals surface area contributed by atoms with Crippen molar-refractivity contribution < 1.29 is 9.21 Å². The molecule has 2 aromatic carbocycles. The number of carbonyl (C=O) groups is 1. The summed E-state index contributed by atoms with van der Waals surface area (Å²) in [6.45, 7) is 0.521. The van der Waals surface area contributed by atoms with E-state index in [1.54, 1.807) is 6.07 Å². The van der Waals surface area contributed by atoms with Crippen molar-refractivity contribution >= 4 is 28.4 Å². The topological polar surface area (TPSA) is 83.4 Å². The first-order chi connectivity index (χ1) is 14.2. The maximum Gasteiger partial charge on any atom is 0.362 e. The number of nitrogens with one attached hydrogen (secondary N) is 3. The number of hydrogen-bond acceptors (Lipinski definition) is 4. The van der Waals surface area contributed by atoms with Gasteiger partial charge in [-0.05, 0) is 30.5 Å². The molecule has 0 spiro atoms. The molecule has 150 valence electrons. The predicted molar refractivity (Wildman–Crippen MR) is 115 cm³/mol. The van der Waals surface area contributed by atoms with E-state index in [4.69, 9.17) is 4.42 Å². The highest BCUT2D eigenvalue weighted by Crippen LogP contribution is 2.29. The van der Waals surface area contributed by atoms with E-state index in [0.29, 0.717) is 17.8 Å². The van der Waals surface area contributed by atoms with Crippen molar-refractivity contribution in [3.63, 3.8) is 0 Å². The van der Waals surface area contributed by atoms with Crippen molar-refractivity contribution in [2.75, 3.05) is 10.6 Å². The van der Waals surface area contributed by atoms with Gasteiger partial charge in [0.2, 0.25) is 0 Å². The van der Waals surface area contributed by atoms with Crippen LogP contribution in [0, 0.1) is 0 Å². The lowest BCUT2D eigenvalue weighted by molar-refractivity contribution is 0.244. The van der Waals surface area contributed by atoms with Crippen LogP contribution in [0.15, 0.2) is 63.8 Å². The van der Waals surface area contributed by atoms with E-state index in [-0.39, 0.29) is 17.8 Å². The molecule has 3 N–H and O–H groups in total. The molecule has 0 radical (unpaired) electrons. The minimum Gasteiger partial charge on any atom is -0.421 e. The molecule has 0 aliphatic heterocycles. The lowest BCUT2D eigenvalue weighted by Gasteiger charge is -2.23. The second-order valence-electron chi connectivity index (χ2n) is 7.41. The number of rotatable bonds is 5. The summed E-state index contributed by atoms with van der Waals surface area (Å²) in [7, 11) is 0. The van der Waals surface area contributed by atoms with E-state index in [2.05, 4.69) is 16.0 Å². The Labute approximate surface area is 169 Å². The van der Waals surface area contributed by atoms with Gasteiger partial charge in [-0.1, -0.05) is 61.7 Å². The second kappa shape index (κ2) is 8.82. The average Bonchev–Trinajstić information content (AvgIpc) is 2.75. The molecule has 1 aliphatic rings. The highest BCUT2D eigenvalue weighted by atomic mass is 16.4. The van der Waals surface area contributed by atoms with E-state index in [9.17, 15) is 9.59 Å². The van der Waals surface area contributed by atoms with E-state index in [1.165, 1.54) is 6.42 Å². The number of benzene rings is 2. The maximum absolute atomic E-state index is 12.6. The Balaban J connectivity index is 1.61. The number of anilines is 2. The fraction of sp³-hybridized carbons (Fsp3) is 0.304. The number of amides is 2. The third-order valence-corrected chi connectivity index (χ3v) is 5.30. The Morgan fingerprint density at radius 3 is 2.45 bits per heavy atom. The first-order valence-electron chi connectivity index (χ1n) is 10.1. The van der Waals surface area contributed by atoms with Crippen LogP contribution in [0.1, 0.15) is 37.7 Å². The number of urea groups is 1. The van der Waals surface area contributed by atoms with Crippen LogP contribution in [-0.2, 0) is 6.54 Å². The van der Waals surface area contributed by atoms with E-state index < -0.39 is 5.63 Å². The average molecular weight is 391 g/mol. The Hall–Kier alpha value is -3.28.